The van der Waals surface area contributed by atoms with Gasteiger partial charge in [-0.2, -0.15) is 0 Å². The van der Waals surface area contributed by atoms with Crippen LogP contribution in [0.25, 0.3) is 6.08 Å². The molecule has 2 saturated heterocycles. The van der Waals surface area contributed by atoms with E-state index in [0.29, 0.717) is 13.0 Å². The number of ether oxygens (including phenoxy) is 1. The molecule has 0 aromatic heterocycles. The van der Waals surface area contributed by atoms with Crippen LogP contribution in [0.2, 0.25) is 0 Å². The van der Waals surface area contributed by atoms with Crippen molar-refractivity contribution in [2.24, 2.45) is 0 Å². The molecule has 0 aliphatic carbocycles. The highest BCUT2D eigenvalue weighted by Gasteiger charge is 2.52. The summed E-state index contributed by atoms with van der Waals surface area (Å²) in [5, 5.41) is 1.05. The zero-order valence-corrected chi connectivity index (χ0v) is 17.1. The predicted octanol–water partition coefficient (Wildman–Crippen LogP) is 3.00. The summed E-state index contributed by atoms with van der Waals surface area (Å²) in [5.74, 6) is -0.497. The van der Waals surface area contributed by atoms with Crippen molar-refractivity contribution in [2.45, 2.75) is 31.5 Å². The largest absolute Gasteiger partial charge is 0.445 e. The van der Waals surface area contributed by atoms with Crippen LogP contribution in [-0.4, -0.2) is 48.3 Å². The smallest absolute Gasteiger partial charge is 0.410 e. The van der Waals surface area contributed by atoms with E-state index in [-0.39, 0.29) is 13.0 Å². The van der Waals surface area contributed by atoms with Crippen LogP contribution in [0.4, 0.5) is 4.79 Å². The lowest BCUT2D eigenvalue weighted by Crippen LogP contribution is -2.41. The Bertz CT molecular complexity index is 1050. The summed E-state index contributed by atoms with van der Waals surface area (Å²) in [4.78, 5) is 26.5. The third kappa shape index (κ3) is 4.09. The molecule has 30 heavy (non-hydrogen) atoms. The number of benzene rings is 2. The highest BCUT2D eigenvalue weighted by Crippen LogP contribution is 2.35. The van der Waals surface area contributed by atoms with Gasteiger partial charge in [0.1, 0.15) is 6.61 Å². The molecule has 4 rings (SSSR count). The molecule has 7 nitrogen and oxygen atoms in total. The second kappa shape index (κ2) is 8.31. The molecular weight excluding hydrogens is 404 g/mol. The number of hydrogen-bond donors (Lipinski definition) is 0. The Hall–Kier alpha value is -3.13. The van der Waals surface area contributed by atoms with E-state index in [1.807, 2.05) is 36.4 Å². The summed E-state index contributed by atoms with van der Waals surface area (Å²) in [6.45, 7) is 0.480. The molecule has 0 unspecified atom stereocenters. The van der Waals surface area contributed by atoms with Gasteiger partial charge in [0.2, 0.25) is 5.91 Å². The van der Waals surface area contributed by atoms with Crippen LogP contribution in [-0.2, 0) is 26.2 Å². The topological polar surface area (TPSA) is 84.0 Å². The Morgan fingerprint density at radius 2 is 1.70 bits per heavy atom. The maximum atomic E-state index is 12.8. The number of nitrogens with zero attached hydrogens (tertiary/aromatic N) is 2. The molecule has 2 aliphatic rings. The number of hydrogen-bond acceptors (Lipinski definition) is 5. The number of rotatable bonds is 5. The second-order valence-corrected chi connectivity index (χ2v) is 9.00. The van der Waals surface area contributed by atoms with E-state index in [1.165, 1.54) is 11.0 Å². The Kier molecular flexibility index (Phi) is 5.59. The first kappa shape index (κ1) is 20.2. The standard InChI is InChI=1S/C22H22N2O5S/c25-21-15-20-19(24(21)30(27,28)14-12-17-7-3-1-4-8-17)11-13-23(20)22(26)29-16-18-9-5-2-6-10-18/h1-10,12,14,19-20H,11,13,15-16H2/b14-12+/t19-,20+/m0/s1. The molecule has 2 aromatic rings. The van der Waals surface area contributed by atoms with Gasteiger partial charge in [-0.05, 0) is 23.6 Å². The fourth-order valence-electron chi connectivity index (χ4n) is 3.96. The van der Waals surface area contributed by atoms with Crippen LogP contribution in [0.5, 0.6) is 0 Å². The number of sulfonamides is 1. The lowest BCUT2D eigenvalue weighted by atomic mass is 10.1. The SMILES string of the molecule is O=C(OCc1ccccc1)N1CC[C@H]2[C@H]1CC(=O)N2S(=O)(=O)/C=C/c1ccccc1. The molecule has 0 saturated carbocycles. The third-order valence-corrected chi connectivity index (χ3v) is 6.89. The van der Waals surface area contributed by atoms with Crippen molar-refractivity contribution in [3.63, 3.8) is 0 Å². The molecule has 2 amide bonds. The monoisotopic (exact) mass is 426 g/mol. The van der Waals surface area contributed by atoms with Crippen LogP contribution in [0.3, 0.4) is 0 Å². The molecule has 2 fully saturated rings. The van der Waals surface area contributed by atoms with Gasteiger partial charge >= 0.3 is 6.09 Å². The summed E-state index contributed by atoms with van der Waals surface area (Å²) in [7, 11) is -3.94. The van der Waals surface area contributed by atoms with Crippen molar-refractivity contribution in [1.29, 1.82) is 0 Å². The van der Waals surface area contributed by atoms with E-state index >= 15 is 0 Å². The molecule has 2 atom stereocenters. The minimum absolute atomic E-state index is 0.0243. The molecule has 8 heteroatoms. The Morgan fingerprint density at radius 1 is 1.03 bits per heavy atom. The number of carbonyl (C=O) groups excluding carboxylic acids is 2. The predicted molar refractivity (Wildman–Crippen MR) is 111 cm³/mol. The van der Waals surface area contributed by atoms with Gasteiger partial charge in [-0.3, -0.25) is 4.79 Å². The lowest BCUT2D eigenvalue weighted by molar-refractivity contribution is -0.124. The van der Waals surface area contributed by atoms with Gasteiger partial charge in [-0.1, -0.05) is 60.7 Å². The summed E-state index contributed by atoms with van der Waals surface area (Å²) < 4.78 is 32.0. The first-order valence-electron chi connectivity index (χ1n) is 9.73. The van der Waals surface area contributed by atoms with Crippen molar-refractivity contribution in [3.05, 3.63) is 77.2 Å². The zero-order chi connectivity index (χ0) is 21.1. The van der Waals surface area contributed by atoms with Crippen LogP contribution >= 0.6 is 0 Å². The molecular formula is C22H22N2O5S. The van der Waals surface area contributed by atoms with E-state index < -0.39 is 34.1 Å². The molecule has 0 radical (unpaired) electrons. The van der Waals surface area contributed by atoms with Gasteiger partial charge in [0.25, 0.3) is 10.0 Å². The minimum atomic E-state index is -3.94. The van der Waals surface area contributed by atoms with Crippen molar-refractivity contribution in [1.82, 2.24) is 9.21 Å². The summed E-state index contributed by atoms with van der Waals surface area (Å²) in [5.41, 5.74) is 1.58. The van der Waals surface area contributed by atoms with E-state index in [1.54, 1.807) is 24.3 Å². The molecule has 0 N–H and O–H groups in total. The maximum absolute atomic E-state index is 12.8. The van der Waals surface area contributed by atoms with E-state index in [2.05, 4.69) is 0 Å². The van der Waals surface area contributed by atoms with Crippen LogP contribution < -0.4 is 0 Å². The Balaban J connectivity index is 1.44. The number of likely N-dealkylation sites (tertiary alicyclic amines) is 1. The molecule has 2 aromatic carbocycles. The van der Waals surface area contributed by atoms with Gasteiger partial charge < -0.3 is 9.64 Å². The van der Waals surface area contributed by atoms with Gasteiger partial charge in [0.05, 0.1) is 23.9 Å². The average molecular weight is 426 g/mol. The molecule has 0 bridgehead atoms. The molecule has 2 aliphatic heterocycles. The first-order valence-corrected chi connectivity index (χ1v) is 11.2. The quantitative estimate of drug-likeness (QED) is 0.734. The first-order chi connectivity index (χ1) is 14.5. The number of carbonyl (C=O) groups is 2. The Labute approximate surface area is 175 Å². The highest BCUT2D eigenvalue weighted by atomic mass is 32.2. The molecule has 2 heterocycles. The minimum Gasteiger partial charge on any atom is -0.445 e. The number of fused-ring (bicyclic) bond motifs is 1. The Morgan fingerprint density at radius 3 is 2.40 bits per heavy atom. The number of amides is 2. The second-order valence-electron chi connectivity index (χ2n) is 7.31. The third-order valence-electron chi connectivity index (χ3n) is 5.39. The fraction of sp³-hybridized carbons (Fsp3) is 0.273. The molecule has 156 valence electrons. The van der Waals surface area contributed by atoms with Crippen LogP contribution in [0, 0.1) is 0 Å². The molecule has 0 spiro atoms. The van der Waals surface area contributed by atoms with Crippen LogP contribution in [0.15, 0.2) is 66.1 Å². The van der Waals surface area contributed by atoms with Gasteiger partial charge in [-0.15, -0.1) is 0 Å². The van der Waals surface area contributed by atoms with Crippen molar-refractivity contribution >= 4 is 28.1 Å². The summed E-state index contributed by atoms with van der Waals surface area (Å²) >= 11 is 0. The summed E-state index contributed by atoms with van der Waals surface area (Å²) in [6, 6.07) is 17.2. The van der Waals surface area contributed by atoms with E-state index in [0.717, 1.165) is 20.8 Å². The lowest BCUT2D eigenvalue weighted by Gasteiger charge is -2.23. The van der Waals surface area contributed by atoms with E-state index in [9.17, 15) is 18.0 Å². The fourth-order valence-corrected chi connectivity index (χ4v) is 5.41. The summed E-state index contributed by atoms with van der Waals surface area (Å²) in [6.07, 6.45) is 1.31. The van der Waals surface area contributed by atoms with Gasteiger partial charge in [0, 0.05) is 6.54 Å². The maximum Gasteiger partial charge on any atom is 0.410 e. The normalized spacial score (nSPS) is 21.3. The van der Waals surface area contributed by atoms with Crippen molar-refractivity contribution in [3.8, 4) is 0 Å². The highest BCUT2D eigenvalue weighted by molar-refractivity contribution is 7.92. The van der Waals surface area contributed by atoms with Crippen molar-refractivity contribution in [2.75, 3.05) is 6.54 Å². The zero-order valence-electron chi connectivity index (χ0n) is 16.3. The van der Waals surface area contributed by atoms with Gasteiger partial charge in [-0.25, -0.2) is 17.5 Å². The van der Waals surface area contributed by atoms with Gasteiger partial charge in [0.15, 0.2) is 0 Å². The van der Waals surface area contributed by atoms with Crippen molar-refractivity contribution < 1.29 is 22.7 Å². The average Bonchev–Trinajstić information content (AvgIpc) is 3.30. The van der Waals surface area contributed by atoms with E-state index in [4.69, 9.17) is 4.74 Å². The van der Waals surface area contributed by atoms with Crippen LogP contribution in [0.1, 0.15) is 24.0 Å².